The number of carbonyl (C=O) groups excluding carboxylic acids is 1. The average molecular weight is 317 g/mol. The summed E-state index contributed by atoms with van der Waals surface area (Å²) in [5, 5.41) is 4.30. The Bertz CT molecular complexity index is 482. The van der Waals surface area contributed by atoms with Gasteiger partial charge in [0, 0.05) is 26.2 Å². The van der Waals surface area contributed by atoms with Crippen LogP contribution in [0.5, 0.6) is 0 Å². The van der Waals surface area contributed by atoms with Crippen LogP contribution in [-0.2, 0) is 16.1 Å². The lowest BCUT2D eigenvalue weighted by atomic mass is 10.1. The molecule has 1 heterocycles. The summed E-state index contributed by atoms with van der Waals surface area (Å²) in [6.45, 7) is 5.00. The van der Waals surface area contributed by atoms with Crippen molar-refractivity contribution in [3.05, 3.63) is 33.8 Å². The van der Waals surface area contributed by atoms with Crippen LogP contribution < -0.4 is 5.32 Å². The zero-order valence-electron chi connectivity index (χ0n) is 11.4. The lowest BCUT2D eigenvalue weighted by Gasteiger charge is -2.34. The highest BCUT2D eigenvalue weighted by Gasteiger charge is 2.30. The van der Waals surface area contributed by atoms with Gasteiger partial charge in [0.05, 0.1) is 16.7 Å². The lowest BCUT2D eigenvalue weighted by molar-refractivity contribution is -0.150. The van der Waals surface area contributed by atoms with Gasteiger partial charge in [-0.2, -0.15) is 0 Å². The summed E-state index contributed by atoms with van der Waals surface area (Å²) in [5.41, 5.74) is 0.926. The van der Waals surface area contributed by atoms with Gasteiger partial charge in [-0.05, 0) is 18.6 Å². The van der Waals surface area contributed by atoms with Crippen LogP contribution in [0.25, 0.3) is 0 Å². The monoisotopic (exact) mass is 316 g/mol. The normalized spacial score (nSPS) is 19.9. The standard InChI is InChI=1S/C14H18Cl2N2O2/c1-2-20-14(19)12-8-17-6-7-18(12)9-10-4-3-5-11(15)13(10)16/h3-5,12,17H,2,6-9H2,1H3. The summed E-state index contributed by atoms with van der Waals surface area (Å²) < 4.78 is 5.12. The molecule has 1 N–H and O–H groups in total. The Kier molecular flexibility index (Phi) is 5.66. The maximum Gasteiger partial charge on any atom is 0.324 e. The molecule has 1 aromatic carbocycles. The van der Waals surface area contributed by atoms with Crippen LogP contribution in [0.4, 0.5) is 0 Å². The van der Waals surface area contributed by atoms with Crippen LogP contribution in [0, 0.1) is 0 Å². The van der Waals surface area contributed by atoms with Crippen molar-refractivity contribution in [1.29, 1.82) is 0 Å². The molecular formula is C14H18Cl2N2O2. The van der Waals surface area contributed by atoms with Gasteiger partial charge in [-0.25, -0.2) is 0 Å². The second-order valence-corrected chi connectivity index (χ2v) is 5.44. The zero-order valence-corrected chi connectivity index (χ0v) is 12.9. The van der Waals surface area contributed by atoms with Gasteiger partial charge in [0.1, 0.15) is 6.04 Å². The number of rotatable bonds is 4. The molecule has 1 unspecified atom stereocenters. The molecule has 1 atom stereocenters. The number of esters is 1. The number of nitrogens with one attached hydrogen (secondary N) is 1. The molecule has 0 spiro atoms. The Balaban J connectivity index is 2.12. The van der Waals surface area contributed by atoms with Gasteiger partial charge in [0.15, 0.2) is 0 Å². The maximum atomic E-state index is 12.0. The molecule has 0 amide bonds. The minimum Gasteiger partial charge on any atom is -0.465 e. The minimum atomic E-state index is -0.279. The Morgan fingerprint density at radius 1 is 1.50 bits per heavy atom. The van der Waals surface area contributed by atoms with Crippen LogP contribution in [0.1, 0.15) is 12.5 Å². The molecule has 1 aliphatic heterocycles. The number of nitrogens with zero attached hydrogens (tertiary/aromatic N) is 1. The maximum absolute atomic E-state index is 12.0. The predicted octanol–water partition coefficient (Wildman–Crippen LogP) is 2.33. The van der Waals surface area contributed by atoms with Gasteiger partial charge in [0.25, 0.3) is 0 Å². The first-order valence-corrected chi connectivity index (χ1v) is 7.43. The molecule has 0 saturated carbocycles. The molecule has 0 aliphatic carbocycles. The zero-order chi connectivity index (χ0) is 14.5. The van der Waals surface area contributed by atoms with E-state index in [1.165, 1.54) is 0 Å². The number of piperazine rings is 1. The van der Waals surface area contributed by atoms with Crippen molar-refractivity contribution in [3.8, 4) is 0 Å². The third-order valence-electron chi connectivity index (χ3n) is 3.32. The topological polar surface area (TPSA) is 41.6 Å². The van der Waals surface area contributed by atoms with Crippen molar-refractivity contribution in [1.82, 2.24) is 10.2 Å². The Morgan fingerprint density at radius 3 is 3.05 bits per heavy atom. The highest BCUT2D eigenvalue weighted by Crippen LogP contribution is 2.27. The molecule has 1 fully saturated rings. The number of ether oxygens (including phenoxy) is 1. The molecule has 4 nitrogen and oxygen atoms in total. The number of carbonyl (C=O) groups is 1. The minimum absolute atomic E-state index is 0.196. The largest absolute Gasteiger partial charge is 0.465 e. The summed E-state index contributed by atoms with van der Waals surface area (Å²) in [7, 11) is 0. The first-order valence-electron chi connectivity index (χ1n) is 6.67. The molecular weight excluding hydrogens is 299 g/mol. The SMILES string of the molecule is CCOC(=O)C1CNCCN1Cc1cccc(Cl)c1Cl. The number of hydrogen-bond acceptors (Lipinski definition) is 4. The molecule has 0 bridgehead atoms. The molecule has 20 heavy (non-hydrogen) atoms. The molecule has 110 valence electrons. The molecule has 0 radical (unpaired) electrons. The third kappa shape index (κ3) is 3.64. The average Bonchev–Trinajstić information content (AvgIpc) is 2.45. The van der Waals surface area contributed by atoms with Crippen LogP contribution in [0.2, 0.25) is 10.0 Å². The van der Waals surface area contributed by atoms with E-state index in [0.29, 0.717) is 29.7 Å². The molecule has 2 rings (SSSR count). The van der Waals surface area contributed by atoms with E-state index in [1.807, 2.05) is 19.1 Å². The molecule has 0 aromatic heterocycles. The van der Waals surface area contributed by atoms with Gasteiger partial charge in [-0.1, -0.05) is 35.3 Å². The second kappa shape index (κ2) is 7.27. The van der Waals surface area contributed by atoms with Crippen LogP contribution in [-0.4, -0.2) is 43.2 Å². The predicted molar refractivity (Wildman–Crippen MR) is 80.2 cm³/mol. The van der Waals surface area contributed by atoms with Crippen LogP contribution >= 0.6 is 23.2 Å². The second-order valence-electron chi connectivity index (χ2n) is 4.66. The van der Waals surface area contributed by atoms with Gasteiger partial charge in [0.2, 0.25) is 0 Å². The van der Waals surface area contributed by atoms with Gasteiger partial charge < -0.3 is 10.1 Å². The summed E-state index contributed by atoms with van der Waals surface area (Å²) in [5.74, 6) is -0.196. The molecule has 6 heteroatoms. The molecule has 1 aromatic rings. The summed E-state index contributed by atoms with van der Waals surface area (Å²) in [6, 6.07) is 5.27. The fourth-order valence-electron chi connectivity index (χ4n) is 2.30. The molecule has 1 saturated heterocycles. The van der Waals surface area contributed by atoms with Crippen molar-refractivity contribution in [2.75, 3.05) is 26.2 Å². The van der Waals surface area contributed by atoms with E-state index >= 15 is 0 Å². The summed E-state index contributed by atoms with van der Waals surface area (Å²) in [4.78, 5) is 14.1. The van der Waals surface area contributed by atoms with Crippen molar-refractivity contribution >= 4 is 29.2 Å². The van der Waals surface area contributed by atoms with Crippen LogP contribution in [0.15, 0.2) is 18.2 Å². The Morgan fingerprint density at radius 2 is 2.30 bits per heavy atom. The highest BCUT2D eigenvalue weighted by molar-refractivity contribution is 6.42. The fraction of sp³-hybridized carbons (Fsp3) is 0.500. The van der Waals surface area contributed by atoms with E-state index in [2.05, 4.69) is 10.2 Å². The van der Waals surface area contributed by atoms with E-state index in [0.717, 1.165) is 18.7 Å². The quantitative estimate of drug-likeness (QED) is 0.866. The Labute approximate surface area is 129 Å². The number of benzene rings is 1. The number of hydrogen-bond donors (Lipinski definition) is 1. The molecule has 1 aliphatic rings. The first kappa shape index (κ1) is 15.6. The summed E-state index contributed by atoms with van der Waals surface area (Å²) in [6.07, 6.45) is 0. The van der Waals surface area contributed by atoms with E-state index < -0.39 is 0 Å². The summed E-state index contributed by atoms with van der Waals surface area (Å²) >= 11 is 12.2. The van der Waals surface area contributed by atoms with Crippen LogP contribution in [0.3, 0.4) is 0 Å². The van der Waals surface area contributed by atoms with Crippen molar-refractivity contribution in [2.45, 2.75) is 19.5 Å². The van der Waals surface area contributed by atoms with Crippen molar-refractivity contribution in [2.24, 2.45) is 0 Å². The van der Waals surface area contributed by atoms with Gasteiger partial charge in [-0.15, -0.1) is 0 Å². The van der Waals surface area contributed by atoms with Gasteiger partial charge >= 0.3 is 5.97 Å². The van der Waals surface area contributed by atoms with Gasteiger partial charge in [-0.3, -0.25) is 9.69 Å². The van der Waals surface area contributed by atoms with E-state index in [1.54, 1.807) is 6.07 Å². The fourth-order valence-corrected chi connectivity index (χ4v) is 2.68. The van der Waals surface area contributed by atoms with E-state index in [9.17, 15) is 4.79 Å². The smallest absolute Gasteiger partial charge is 0.324 e. The van der Waals surface area contributed by atoms with Crippen molar-refractivity contribution < 1.29 is 9.53 Å². The highest BCUT2D eigenvalue weighted by atomic mass is 35.5. The Hall–Kier alpha value is -0.810. The first-order chi connectivity index (χ1) is 9.63. The van der Waals surface area contributed by atoms with E-state index in [4.69, 9.17) is 27.9 Å². The van der Waals surface area contributed by atoms with Crippen molar-refractivity contribution in [3.63, 3.8) is 0 Å². The van der Waals surface area contributed by atoms with E-state index in [-0.39, 0.29) is 12.0 Å². The third-order valence-corrected chi connectivity index (χ3v) is 4.18. The lowest BCUT2D eigenvalue weighted by Crippen LogP contribution is -2.54. The number of halogens is 2.